The van der Waals surface area contributed by atoms with Crippen LogP contribution in [-0.2, 0) is 9.53 Å². The minimum absolute atomic E-state index is 0.0258. The van der Waals surface area contributed by atoms with Gasteiger partial charge in [-0.1, -0.05) is 29.6 Å². The van der Waals surface area contributed by atoms with Gasteiger partial charge >= 0.3 is 0 Å². The maximum absolute atomic E-state index is 12.6. The van der Waals surface area contributed by atoms with Crippen molar-refractivity contribution >= 4 is 34.8 Å². The molecule has 1 saturated heterocycles. The Kier molecular flexibility index (Phi) is 7.40. The topological polar surface area (TPSA) is 59.4 Å². The monoisotopic (exact) mass is 415 g/mol. The third-order valence-corrected chi connectivity index (χ3v) is 6.67. The Morgan fingerprint density at radius 2 is 1.96 bits per heavy atom. The summed E-state index contributed by atoms with van der Waals surface area (Å²) in [6.45, 7) is 6.80. The molecule has 150 valence electrons. The summed E-state index contributed by atoms with van der Waals surface area (Å²) in [4.78, 5) is 14.3. The van der Waals surface area contributed by atoms with E-state index in [4.69, 9.17) is 27.9 Å². The van der Waals surface area contributed by atoms with Gasteiger partial charge in [-0.15, -0.1) is 0 Å². The van der Waals surface area contributed by atoms with Gasteiger partial charge in [-0.05, 0) is 38.0 Å². The zero-order valence-corrected chi connectivity index (χ0v) is 17.5. The summed E-state index contributed by atoms with van der Waals surface area (Å²) in [5.41, 5.74) is 0.881. The van der Waals surface area contributed by atoms with Gasteiger partial charge in [0.05, 0.1) is 23.9 Å². The summed E-state index contributed by atoms with van der Waals surface area (Å²) < 4.78 is 5.57. The molecule has 27 heavy (non-hydrogen) atoms. The van der Waals surface area contributed by atoms with E-state index >= 15 is 0 Å². The quantitative estimate of drug-likeness (QED) is 0.659. The second kappa shape index (κ2) is 9.57. The van der Waals surface area contributed by atoms with Gasteiger partial charge in [-0.3, -0.25) is 4.79 Å². The molecule has 2 aliphatic rings. The molecule has 0 spiro atoms. The van der Waals surface area contributed by atoms with Crippen molar-refractivity contribution in [2.24, 2.45) is 0 Å². The molecule has 3 rings (SSSR count). The first-order valence-electron chi connectivity index (χ1n) is 10.0. The zero-order valence-electron chi connectivity index (χ0n) is 16.0. The smallest absolute Gasteiger partial charge is 0.282 e. The lowest BCUT2D eigenvalue weighted by atomic mass is 9.79. The predicted octanol–water partition coefficient (Wildman–Crippen LogP) is 1.50. The van der Waals surface area contributed by atoms with E-state index < -0.39 is 0 Å². The molecule has 1 aromatic rings. The molecule has 0 unspecified atom stereocenters. The highest BCUT2D eigenvalue weighted by atomic mass is 35.5. The molecule has 0 radical (unpaired) electrons. The van der Waals surface area contributed by atoms with Crippen molar-refractivity contribution in [2.75, 3.05) is 38.2 Å². The van der Waals surface area contributed by atoms with Crippen molar-refractivity contribution in [1.29, 1.82) is 0 Å². The standard InChI is InChI=1S/C20H29Cl2N3O2/c1-15(19(26)24-18-6-5-16(21)13-17(18)22)23-14-20(7-3-2-4-8-20)25-9-11-27-12-10-25/h5-6,13,15,23H,2-4,7-12,14H2,1H3,(H,24,26)/p+2/t15-/m0/s1. The Bertz CT molecular complexity index is 644. The average molecular weight is 416 g/mol. The van der Waals surface area contributed by atoms with Gasteiger partial charge in [0.1, 0.15) is 25.2 Å². The molecule has 0 bridgehead atoms. The molecular weight excluding hydrogens is 385 g/mol. The Labute approximate surface area is 171 Å². The van der Waals surface area contributed by atoms with Gasteiger partial charge < -0.3 is 20.3 Å². The van der Waals surface area contributed by atoms with Crippen LogP contribution in [0.3, 0.4) is 0 Å². The van der Waals surface area contributed by atoms with Crippen LogP contribution in [-0.4, -0.2) is 50.3 Å². The molecule has 0 aromatic heterocycles. The van der Waals surface area contributed by atoms with E-state index in [9.17, 15) is 4.79 Å². The molecule has 1 aliphatic carbocycles. The second-order valence-corrected chi connectivity index (χ2v) is 8.74. The fourth-order valence-corrected chi connectivity index (χ4v) is 4.88. The molecule has 1 saturated carbocycles. The normalized spacial score (nSPS) is 21.6. The highest BCUT2D eigenvalue weighted by Gasteiger charge is 2.44. The van der Waals surface area contributed by atoms with E-state index in [1.165, 1.54) is 32.1 Å². The van der Waals surface area contributed by atoms with Crippen molar-refractivity contribution in [3.63, 3.8) is 0 Å². The Morgan fingerprint density at radius 1 is 1.26 bits per heavy atom. The number of rotatable bonds is 6. The highest BCUT2D eigenvalue weighted by molar-refractivity contribution is 6.36. The van der Waals surface area contributed by atoms with Gasteiger partial charge in [0.25, 0.3) is 5.91 Å². The number of anilines is 1. The fourth-order valence-electron chi connectivity index (χ4n) is 4.43. The van der Waals surface area contributed by atoms with Crippen LogP contribution in [0.4, 0.5) is 5.69 Å². The number of carbonyl (C=O) groups excluding carboxylic acids is 1. The number of quaternary nitrogens is 2. The number of hydrogen-bond acceptors (Lipinski definition) is 2. The number of carbonyl (C=O) groups is 1. The Hall–Kier alpha value is -0.850. The van der Waals surface area contributed by atoms with Crippen LogP contribution in [0.2, 0.25) is 10.0 Å². The van der Waals surface area contributed by atoms with E-state index in [2.05, 4.69) is 10.6 Å². The maximum Gasteiger partial charge on any atom is 0.282 e. The third kappa shape index (κ3) is 5.36. The molecule has 2 fully saturated rings. The maximum atomic E-state index is 12.6. The Morgan fingerprint density at radius 3 is 2.63 bits per heavy atom. The van der Waals surface area contributed by atoms with Crippen LogP contribution >= 0.6 is 23.2 Å². The lowest BCUT2D eigenvalue weighted by Crippen LogP contribution is -3.25. The van der Waals surface area contributed by atoms with E-state index in [-0.39, 0.29) is 17.5 Å². The van der Waals surface area contributed by atoms with Gasteiger partial charge in [0.15, 0.2) is 6.04 Å². The van der Waals surface area contributed by atoms with Crippen LogP contribution in [0, 0.1) is 0 Å². The van der Waals surface area contributed by atoms with Gasteiger partial charge in [-0.25, -0.2) is 0 Å². The van der Waals surface area contributed by atoms with E-state index in [1.54, 1.807) is 23.1 Å². The summed E-state index contributed by atoms with van der Waals surface area (Å²) in [5.74, 6) is -0.0258. The molecule has 1 amide bonds. The van der Waals surface area contributed by atoms with Crippen LogP contribution in [0.5, 0.6) is 0 Å². The number of hydrogen-bond donors (Lipinski definition) is 3. The number of nitrogens with one attached hydrogen (secondary N) is 2. The zero-order chi connectivity index (χ0) is 19.3. The van der Waals surface area contributed by atoms with E-state index in [1.807, 2.05) is 6.92 Å². The van der Waals surface area contributed by atoms with Crippen molar-refractivity contribution in [2.45, 2.75) is 50.6 Å². The second-order valence-electron chi connectivity index (χ2n) is 7.90. The minimum Gasteiger partial charge on any atom is -0.370 e. The average Bonchev–Trinajstić information content (AvgIpc) is 2.69. The molecule has 7 heteroatoms. The lowest BCUT2D eigenvalue weighted by Gasteiger charge is -2.43. The van der Waals surface area contributed by atoms with Gasteiger partial charge in [0, 0.05) is 17.9 Å². The van der Waals surface area contributed by atoms with Crippen LogP contribution in [0.25, 0.3) is 0 Å². The largest absolute Gasteiger partial charge is 0.370 e. The first-order chi connectivity index (χ1) is 13.0. The highest BCUT2D eigenvalue weighted by Crippen LogP contribution is 2.26. The third-order valence-electron chi connectivity index (χ3n) is 6.12. The summed E-state index contributed by atoms with van der Waals surface area (Å²) in [7, 11) is 0. The van der Waals surface area contributed by atoms with Crippen molar-refractivity contribution in [3.8, 4) is 0 Å². The predicted molar refractivity (Wildman–Crippen MR) is 109 cm³/mol. The molecule has 1 heterocycles. The molecular formula is C20H31Cl2N3O2+2. The number of halogens is 2. The van der Waals surface area contributed by atoms with Crippen molar-refractivity contribution in [1.82, 2.24) is 0 Å². The number of nitrogens with two attached hydrogens (primary N) is 1. The summed E-state index contributed by atoms with van der Waals surface area (Å²) in [6, 6.07) is 4.95. The molecule has 4 N–H and O–H groups in total. The molecule has 1 aliphatic heterocycles. The van der Waals surface area contributed by atoms with Crippen LogP contribution in [0.15, 0.2) is 18.2 Å². The van der Waals surface area contributed by atoms with E-state index in [0.29, 0.717) is 15.7 Å². The number of benzene rings is 1. The summed E-state index contributed by atoms with van der Waals surface area (Å²) in [5, 5.41) is 6.15. The minimum atomic E-state index is -0.170. The van der Waals surface area contributed by atoms with Crippen molar-refractivity contribution in [3.05, 3.63) is 28.2 Å². The summed E-state index contributed by atoms with van der Waals surface area (Å²) >= 11 is 12.1. The number of ether oxygens (including phenoxy) is 1. The lowest BCUT2D eigenvalue weighted by molar-refractivity contribution is -0.975. The Balaban J connectivity index is 1.59. The van der Waals surface area contributed by atoms with Crippen LogP contribution in [0.1, 0.15) is 39.0 Å². The van der Waals surface area contributed by atoms with Crippen molar-refractivity contribution < 1.29 is 19.7 Å². The van der Waals surface area contributed by atoms with Crippen LogP contribution < -0.4 is 15.5 Å². The van der Waals surface area contributed by atoms with Gasteiger partial charge in [-0.2, -0.15) is 0 Å². The molecule has 5 nitrogen and oxygen atoms in total. The SMILES string of the molecule is C[C@H]([NH2+]CC1([NH+]2CCOCC2)CCCCC1)C(=O)Nc1ccc(Cl)cc1Cl. The summed E-state index contributed by atoms with van der Waals surface area (Å²) in [6.07, 6.45) is 6.40. The van der Waals surface area contributed by atoms with Gasteiger partial charge in [0.2, 0.25) is 0 Å². The first kappa shape index (κ1) is 20.9. The van der Waals surface area contributed by atoms with E-state index in [0.717, 1.165) is 32.8 Å². The fraction of sp³-hybridized carbons (Fsp3) is 0.650. The number of morpholine rings is 1. The number of amides is 1. The molecule has 1 atom stereocenters. The molecule has 1 aromatic carbocycles. The first-order valence-corrected chi connectivity index (χ1v) is 10.8.